The lowest BCUT2D eigenvalue weighted by Gasteiger charge is -2.15. The highest BCUT2D eigenvalue weighted by Crippen LogP contribution is 2.13. The van der Waals surface area contributed by atoms with E-state index in [9.17, 15) is 0 Å². The average Bonchev–Trinajstić information content (AvgIpc) is 2.17. The van der Waals surface area contributed by atoms with E-state index in [-0.39, 0.29) is 17.9 Å². The number of ether oxygens (including phenoxy) is 1. The molecule has 0 fully saturated rings. The third-order valence-corrected chi connectivity index (χ3v) is 1.70. The van der Waals surface area contributed by atoms with Gasteiger partial charge < -0.3 is 14.7 Å². The Morgan fingerprint density at radius 2 is 2.14 bits per heavy atom. The number of likely N-dealkylation sites (N-methyl/N-ethyl adjacent to an activating group) is 1. The Morgan fingerprint density at radius 1 is 1.43 bits per heavy atom. The summed E-state index contributed by atoms with van der Waals surface area (Å²) < 4.78 is 4.83. The van der Waals surface area contributed by atoms with E-state index in [0.717, 1.165) is 0 Å². The Morgan fingerprint density at radius 3 is 2.71 bits per heavy atom. The van der Waals surface area contributed by atoms with Crippen LogP contribution in [0.3, 0.4) is 0 Å². The maximum absolute atomic E-state index is 8.72. The fourth-order valence-corrected chi connectivity index (χ4v) is 0.982. The fraction of sp³-hybridized carbons (Fsp3) is 0.571. The lowest BCUT2D eigenvalue weighted by Crippen LogP contribution is -2.23. The monoisotopic (exact) mass is 218 g/mol. The van der Waals surface area contributed by atoms with Crippen molar-refractivity contribution in [2.24, 2.45) is 0 Å². The van der Waals surface area contributed by atoms with Crippen LogP contribution in [0.4, 0.5) is 5.95 Å². The van der Waals surface area contributed by atoms with E-state index in [1.54, 1.807) is 11.9 Å². The lowest BCUT2D eigenvalue weighted by atomic mass is 10.6. The van der Waals surface area contributed by atoms with Gasteiger partial charge in [0.05, 0.1) is 13.7 Å². The Bertz CT molecular complexity index is 310. The van der Waals surface area contributed by atoms with E-state index in [1.165, 1.54) is 7.11 Å². The van der Waals surface area contributed by atoms with E-state index in [1.807, 2.05) is 0 Å². The minimum Gasteiger partial charge on any atom is -0.467 e. The number of anilines is 1. The van der Waals surface area contributed by atoms with Crippen LogP contribution in [0.2, 0.25) is 5.28 Å². The molecule has 1 rings (SSSR count). The average molecular weight is 219 g/mol. The molecule has 1 aromatic heterocycles. The molecule has 78 valence electrons. The molecule has 0 aliphatic carbocycles. The Kier molecular flexibility index (Phi) is 3.84. The molecule has 0 aliphatic rings. The first-order chi connectivity index (χ1) is 6.67. The van der Waals surface area contributed by atoms with E-state index in [0.29, 0.717) is 12.5 Å². The van der Waals surface area contributed by atoms with Gasteiger partial charge in [0.15, 0.2) is 0 Å². The first-order valence-electron chi connectivity index (χ1n) is 3.95. The topological polar surface area (TPSA) is 71.4 Å². The van der Waals surface area contributed by atoms with E-state index < -0.39 is 0 Å². The van der Waals surface area contributed by atoms with Gasteiger partial charge in [-0.05, 0) is 11.6 Å². The zero-order chi connectivity index (χ0) is 10.6. The van der Waals surface area contributed by atoms with Gasteiger partial charge in [0, 0.05) is 13.6 Å². The van der Waals surface area contributed by atoms with Gasteiger partial charge in [-0.25, -0.2) is 0 Å². The molecule has 0 saturated heterocycles. The van der Waals surface area contributed by atoms with Crippen LogP contribution in [0.1, 0.15) is 0 Å². The van der Waals surface area contributed by atoms with Gasteiger partial charge in [-0.1, -0.05) is 0 Å². The van der Waals surface area contributed by atoms with Gasteiger partial charge >= 0.3 is 6.01 Å². The lowest BCUT2D eigenvalue weighted by molar-refractivity contribution is 0.303. The van der Waals surface area contributed by atoms with Crippen molar-refractivity contribution in [2.45, 2.75) is 0 Å². The number of hydrogen-bond donors (Lipinski definition) is 1. The minimum atomic E-state index is 0.0160. The fourth-order valence-electron chi connectivity index (χ4n) is 0.834. The Hall–Kier alpha value is -1.14. The third-order valence-electron chi connectivity index (χ3n) is 1.54. The smallest absolute Gasteiger partial charge is 0.322 e. The molecule has 14 heavy (non-hydrogen) atoms. The highest BCUT2D eigenvalue weighted by atomic mass is 35.5. The summed E-state index contributed by atoms with van der Waals surface area (Å²) in [5.74, 6) is 0.371. The van der Waals surface area contributed by atoms with Crippen LogP contribution in [0, 0.1) is 0 Å². The first kappa shape index (κ1) is 10.9. The number of aliphatic hydroxyl groups excluding tert-OH is 1. The van der Waals surface area contributed by atoms with Gasteiger partial charge in [-0.3, -0.25) is 0 Å². The zero-order valence-corrected chi connectivity index (χ0v) is 8.69. The summed E-state index contributed by atoms with van der Waals surface area (Å²) in [5, 5.41) is 8.78. The van der Waals surface area contributed by atoms with Crippen LogP contribution in [-0.4, -0.2) is 47.4 Å². The molecule has 0 atom stereocenters. The van der Waals surface area contributed by atoms with Crippen LogP contribution >= 0.6 is 11.6 Å². The maximum atomic E-state index is 8.72. The molecule has 1 heterocycles. The second kappa shape index (κ2) is 4.92. The van der Waals surface area contributed by atoms with Gasteiger partial charge in [0.25, 0.3) is 0 Å². The van der Waals surface area contributed by atoms with E-state index in [2.05, 4.69) is 15.0 Å². The molecule has 1 N–H and O–H groups in total. The van der Waals surface area contributed by atoms with Crippen LogP contribution in [0.15, 0.2) is 0 Å². The van der Waals surface area contributed by atoms with Crippen molar-refractivity contribution in [1.29, 1.82) is 0 Å². The van der Waals surface area contributed by atoms with Crippen molar-refractivity contribution in [1.82, 2.24) is 15.0 Å². The third kappa shape index (κ3) is 2.68. The number of aromatic nitrogens is 3. The molecule has 0 aromatic carbocycles. The quantitative estimate of drug-likeness (QED) is 0.765. The van der Waals surface area contributed by atoms with Crippen molar-refractivity contribution in [3.63, 3.8) is 0 Å². The van der Waals surface area contributed by atoms with Crippen LogP contribution in [0.25, 0.3) is 0 Å². The number of halogens is 1. The number of aliphatic hydroxyl groups is 1. The molecule has 6 nitrogen and oxygen atoms in total. The standard InChI is InChI=1S/C7H11ClN4O2/c1-12(3-4-13)6-9-5(8)10-7(11-6)14-2/h13H,3-4H2,1-2H3. The normalized spacial score (nSPS) is 10.0. The molecule has 0 amide bonds. The predicted octanol–water partition coefficient (Wildman–Crippen LogP) is -0.0379. The molecule has 0 bridgehead atoms. The zero-order valence-electron chi connectivity index (χ0n) is 7.94. The van der Waals surface area contributed by atoms with Crippen LogP contribution in [0.5, 0.6) is 6.01 Å². The molecule has 1 aromatic rings. The molecule has 0 unspecified atom stereocenters. The van der Waals surface area contributed by atoms with Crippen molar-refractivity contribution >= 4 is 17.5 Å². The highest BCUT2D eigenvalue weighted by Gasteiger charge is 2.08. The van der Waals surface area contributed by atoms with Gasteiger partial charge in [0.2, 0.25) is 11.2 Å². The molecule has 0 spiro atoms. The van der Waals surface area contributed by atoms with Crippen molar-refractivity contribution in [2.75, 3.05) is 32.2 Å². The van der Waals surface area contributed by atoms with Gasteiger partial charge in [-0.15, -0.1) is 0 Å². The van der Waals surface area contributed by atoms with E-state index in [4.69, 9.17) is 21.4 Å². The second-order valence-electron chi connectivity index (χ2n) is 2.54. The molecule has 0 aliphatic heterocycles. The van der Waals surface area contributed by atoms with Crippen molar-refractivity contribution < 1.29 is 9.84 Å². The Labute approximate surface area is 86.5 Å². The highest BCUT2D eigenvalue weighted by molar-refractivity contribution is 6.28. The number of rotatable bonds is 4. The molecule has 7 heteroatoms. The molecule has 0 radical (unpaired) electrons. The summed E-state index contributed by atoms with van der Waals surface area (Å²) in [6.07, 6.45) is 0. The maximum Gasteiger partial charge on any atom is 0.322 e. The number of hydrogen-bond acceptors (Lipinski definition) is 6. The summed E-state index contributed by atoms with van der Waals surface area (Å²) in [7, 11) is 3.18. The SMILES string of the molecule is COc1nc(Cl)nc(N(C)CCO)n1. The predicted molar refractivity (Wildman–Crippen MR) is 51.7 cm³/mol. The second-order valence-corrected chi connectivity index (χ2v) is 2.87. The summed E-state index contributed by atoms with van der Waals surface area (Å²) >= 11 is 5.64. The van der Waals surface area contributed by atoms with Gasteiger partial charge in [0.1, 0.15) is 0 Å². The van der Waals surface area contributed by atoms with Crippen LogP contribution in [-0.2, 0) is 0 Å². The summed E-state index contributed by atoms with van der Waals surface area (Å²) in [4.78, 5) is 13.2. The minimum absolute atomic E-state index is 0.0160. The van der Waals surface area contributed by atoms with Crippen molar-refractivity contribution in [3.8, 4) is 6.01 Å². The largest absolute Gasteiger partial charge is 0.467 e. The van der Waals surface area contributed by atoms with E-state index >= 15 is 0 Å². The van der Waals surface area contributed by atoms with Crippen LogP contribution < -0.4 is 9.64 Å². The molecular formula is C7H11ClN4O2. The summed E-state index contributed by atoms with van der Waals surface area (Å²) in [5.41, 5.74) is 0. The summed E-state index contributed by atoms with van der Waals surface area (Å²) in [6.45, 7) is 0.436. The Balaban J connectivity index is 2.90. The van der Waals surface area contributed by atoms with Crippen molar-refractivity contribution in [3.05, 3.63) is 5.28 Å². The van der Waals surface area contributed by atoms with Gasteiger partial charge in [-0.2, -0.15) is 15.0 Å². The number of nitrogens with zero attached hydrogens (tertiary/aromatic N) is 4. The molecule has 0 saturated carbocycles. The number of methoxy groups -OCH3 is 1. The summed E-state index contributed by atoms with van der Waals surface area (Å²) in [6, 6.07) is 0.157. The molecular weight excluding hydrogens is 208 g/mol. The first-order valence-corrected chi connectivity index (χ1v) is 4.32.